The van der Waals surface area contributed by atoms with Gasteiger partial charge in [0.05, 0.1) is 5.02 Å². The fourth-order valence-electron chi connectivity index (χ4n) is 1.19. The van der Waals surface area contributed by atoms with Gasteiger partial charge in [0.2, 0.25) is 10.0 Å². The maximum atomic E-state index is 11.9. The van der Waals surface area contributed by atoms with Crippen LogP contribution in [0.15, 0.2) is 23.1 Å². The summed E-state index contributed by atoms with van der Waals surface area (Å²) in [5.74, 6) is 0. The van der Waals surface area contributed by atoms with Crippen LogP contribution in [0, 0.1) is 6.92 Å². The maximum Gasteiger partial charge on any atom is 0.242 e. The second-order valence-electron chi connectivity index (χ2n) is 3.69. The SMILES string of the molecule is Cc1ccc(Cl)c(S(=O)(=O)N[C@@H](C)CN)c1. The van der Waals surface area contributed by atoms with Gasteiger partial charge in [-0.2, -0.15) is 0 Å². The molecule has 0 spiro atoms. The van der Waals surface area contributed by atoms with Gasteiger partial charge < -0.3 is 5.73 Å². The lowest BCUT2D eigenvalue weighted by Crippen LogP contribution is -2.37. The lowest BCUT2D eigenvalue weighted by molar-refractivity contribution is 0.562. The topological polar surface area (TPSA) is 72.2 Å². The molecule has 16 heavy (non-hydrogen) atoms. The third-order valence-corrected chi connectivity index (χ3v) is 4.16. The number of hydrogen-bond acceptors (Lipinski definition) is 3. The van der Waals surface area contributed by atoms with E-state index in [1.54, 1.807) is 19.1 Å². The largest absolute Gasteiger partial charge is 0.329 e. The maximum absolute atomic E-state index is 11.9. The summed E-state index contributed by atoms with van der Waals surface area (Å²) in [6.45, 7) is 3.74. The van der Waals surface area contributed by atoms with Crippen molar-refractivity contribution in [3.05, 3.63) is 28.8 Å². The summed E-state index contributed by atoms with van der Waals surface area (Å²) in [4.78, 5) is 0.0921. The average molecular weight is 263 g/mol. The van der Waals surface area contributed by atoms with Crippen LogP contribution < -0.4 is 10.5 Å². The van der Waals surface area contributed by atoms with Gasteiger partial charge in [0, 0.05) is 12.6 Å². The van der Waals surface area contributed by atoms with Gasteiger partial charge in [-0.3, -0.25) is 0 Å². The molecule has 0 saturated heterocycles. The van der Waals surface area contributed by atoms with Crippen LogP contribution in [0.1, 0.15) is 12.5 Å². The molecule has 0 saturated carbocycles. The van der Waals surface area contributed by atoms with E-state index in [2.05, 4.69) is 4.72 Å². The standard InChI is InChI=1S/C10H15ClN2O2S/c1-7-3-4-9(11)10(5-7)16(14,15)13-8(2)6-12/h3-5,8,13H,6,12H2,1-2H3/t8-/m0/s1. The minimum atomic E-state index is -3.59. The Labute approximate surface area is 101 Å². The van der Waals surface area contributed by atoms with E-state index in [1.165, 1.54) is 6.07 Å². The summed E-state index contributed by atoms with van der Waals surface area (Å²) in [6.07, 6.45) is 0. The predicted octanol–water partition coefficient (Wildman–Crippen LogP) is 1.27. The molecule has 90 valence electrons. The number of aryl methyl sites for hydroxylation is 1. The minimum absolute atomic E-state index is 0.0921. The van der Waals surface area contributed by atoms with Gasteiger partial charge in [-0.1, -0.05) is 17.7 Å². The molecule has 0 aliphatic carbocycles. The highest BCUT2D eigenvalue weighted by atomic mass is 35.5. The van der Waals surface area contributed by atoms with Crippen molar-refractivity contribution < 1.29 is 8.42 Å². The number of nitrogens with one attached hydrogen (secondary N) is 1. The molecule has 0 unspecified atom stereocenters. The first-order valence-corrected chi connectivity index (χ1v) is 6.71. The van der Waals surface area contributed by atoms with Crippen molar-refractivity contribution in [1.29, 1.82) is 0 Å². The normalized spacial score (nSPS) is 13.8. The second kappa shape index (κ2) is 5.14. The molecular weight excluding hydrogens is 248 g/mol. The van der Waals surface area contributed by atoms with E-state index in [0.717, 1.165) is 5.56 Å². The van der Waals surface area contributed by atoms with Crippen LogP contribution in [-0.2, 0) is 10.0 Å². The number of nitrogens with two attached hydrogens (primary N) is 1. The number of halogens is 1. The monoisotopic (exact) mass is 262 g/mol. The Bertz CT molecular complexity index is 474. The predicted molar refractivity (Wildman–Crippen MR) is 65.0 cm³/mol. The number of rotatable bonds is 4. The smallest absolute Gasteiger partial charge is 0.242 e. The molecular formula is C10H15ClN2O2S. The average Bonchev–Trinajstić information content (AvgIpc) is 2.20. The summed E-state index contributed by atoms with van der Waals surface area (Å²) in [7, 11) is -3.59. The highest BCUT2D eigenvalue weighted by Gasteiger charge is 2.19. The Hall–Kier alpha value is -0.620. The quantitative estimate of drug-likeness (QED) is 0.858. The highest BCUT2D eigenvalue weighted by molar-refractivity contribution is 7.89. The Balaban J connectivity index is 3.12. The molecule has 0 fully saturated rings. The molecule has 4 nitrogen and oxygen atoms in total. The molecule has 0 amide bonds. The van der Waals surface area contributed by atoms with Crippen molar-refractivity contribution in [2.24, 2.45) is 5.73 Å². The Morgan fingerprint density at radius 2 is 2.12 bits per heavy atom. The Kier molecular flexibility index (Phi) is 4.32. The van der Waals surface area contributed by atoms with Gasteiger partial charge >= 0.3 is 0 Å². The molecule has 0 aromatic heterocycles. The fraction of sp³-hybridized carbons (Fsp3) is 0.400. The van der Waals surface area contributed by atoms with Crippen molar-refractivity contribution in [2.75, 3.05) is 6.54 Å². The third kappa shape index (κ3) is 3.18. The molecule has 1 aromatic rings. The van der Waals surface area contributed by atoms with Crippen LogP contribution in [-0.4, -0.2) is 21.0 Å². The molecule has 1 rings (SSSR count). The second-order valence-corrected chi connectivity index (χ2v) is 5.78. The minimum Gasteiger partial charge on any atom is -0.329 e. The summed E-state index contributed by atoms with van der Waals surface area (Å²) >= 11 is 5.86. The van der Waals surface area contributed by atoms with Gasteiger partial charge in [-0.05, 0) is 31.5 Å². The van der Waals surface area contributed by atoms with Gasteiger partial charge in [-0.25, -0.2) is 13.1 Å². The fourth-order valence-corrected chi connectivity index (χ4v) is 3.03. The number of sulfonamides is 1. The van der Waals surface area contributed by atoms with E-state index in [-0.39, 0.29) is 22.5 Å². The molecule has 0 aliphatic rings. The van der Waals surface area contributed by atoms with Crippen LogP contribution in [0.4, 0.5) is 0 Å². The number of hydrogen-bond donors (Lipinski definition) is 2. The van der Waals surface area contributed by atoms with Crippen molar-refractivity contribution >= 4 is 21.6 Å². The molecule has 0 aliphatic heterocycles. The van der Waals surface area contributed by atoms with E-state index in [4.69, 9.17) is 17.3 Å². The van der Waals surface area contributed by atoms with E-state index < -0.39 is 10.0 Å². The summed E-state index contributed by atoms with van der Waals surface area (Å²) in [6, 6.07) is 4.54. The van der Waals surface area contributed by atoms with Crippen LogP contribution >= 0.6 is 11.6 Å². The van der Waals surface area contributed by atoms with Gasteiger partial charge in [-0.15, -0.1) is 0 Å². The molecule has 0 radical (unpaired) electrons. The van der Waals surface area contributed by atoms with Crippen LogP contribution in [0.5, 0.6) is 0 Å². The molecule has 6 heteroatoms. The molecule has 0 heterocycles. The first-order valence-electron chi connectivity index (χ1n) is 4.85. The zero-order valence-electron chi connectivity index (χ0n) is 9.20. The van der Waals surface area contributed by atoms with Gasteiger partial charge in [0.25, 0.3) is 0 Å². The molecule has 1 atom stereocenters. The van der Waals surface area contributed by atoms with E-state index >= 15 is 0 Å². The summed E-state index contributed by atoms with van der Waals surface area (Å²) in [5.41, 5.74) is 6.20. The van der Waals surface area contributed by atoms with Gasteiger partial charge in [0.15, 0.2) is 0 Å². The van der Waals surface area contributed by atoms with Crippen LogP contribution in [0.2, 0.25) is 5.02 Å². The molecule has 3 N–H and O–H groups in total. The first-order chi connectivity index (χ1) is 7.36. The first kappa shape index (κ1) is 13.4. The lowest BCUT2D eigenvalue weighted by Gasteiger charge is -2.13. The van der Waals surface area contributed by atoms with Crippen molar-refractivity contribution in [3.8, 4) is 0 Å². The zero-order valence-corrected chi connectivity index (χ0v) is 10.8. The zero-order chi connectivity index (χ0) is 12.3. The van der Waals surface area contributed by atoms with Gasteiger partial charge in [0.1, 0.15) is 4.90 Å². The van der Waals surface area contributed by atoms with E-state index in [0.29, 0.717) is 0 Å². The lowest BCUT2D eigenvalue weighted by atomic mass is 10.2. The van der Waals surface area contributed by atoms with Crippen molar-refractivity contribution in [2.45, 2.75) is 24.8 Å². The molecule has 0 bridgehead atoms. The highest BCUT2D eigenvalue weighted by Crippen LogP contribution is 2.22. The Morgan fingerprint density at radius 1 is 1.50 bits per heavy atom. The van der Waals surface area contributed by atoms with E-state index in [1.807, 2.05) is 6.92 Å². The van der Waals surface area contributed by atoms with E-state index in [9.17, 15) is 8.42 Å². The third-order valence-electron chi connectivity index (χ3n) is 2.09. The van der Waals surface area contributed by atoms with Crippen molar-refractivity contribution in [3.63, 3.8) is 0 Å². The summed E-state index contributed by atoms with van der Waals surface area (Å²) in [5, 5.41) is 0.210. The van der Waals surface area contributed by atoms with Crippen LogP contribution in [0.3, 0.4) is 0 Å². The molecule has 1 aromatic carbocycles. The van der Waals surface area contributed by atoms with Crippen molar-refractivity contribution in [1.82, 2.24) is 4.72 Å². The number of benzene rings is 1. The Morgan fingerprint density at radius 3 is 2.69 bits per heavy atom. The van der Waals surface area contributed by atoms with Crippen LogP contribution in [0.25, 0.3) is 0 Å². The summed E-state index contributed by atoms with van der Waals surface area (Å²) < 4.78 is 26.3.